The Kier molecular flexibility index (Phi) is 4.37. The molecule has 0 aromatic heterocycles. The van der Waals surface area contributed by atoms with Crippen molar-refractivity contribution >= 4 is 11.6 Å². The third-order valence-electron chi connectivity index (χ3n) is 4.19. The predicted octanol–water partition coefficient (Wildman–Crippen LogP) is 3.25. The van der Waals surface area contributed by atoms with Crippen molar-refractivity contribution < 1.29 is 9.72 Å². The molecule has 108 valence electrons. The van der Waals surface area contributed by atoms with Crippen molar-refractivity contribution in [1.82, 2.24) is 4.90 Å². The lowest BCUT2D eigenvalue weighted by Crippen LogP contribution is -2.42. The minimum absolute atomic E-state index is 0.0408. The fraction of sp³-hybridized carbons (Fsp3) is 0.533. The summed E-state index contributed by atoms with van der Waals surface area (Å²) in [5.74, 6) is 0.351. The maximum Gasteiger partial charge on any atom is 0.270 e. The number of nitro groups is 1. The standard InChI is InChI=1S/C15H20N2O3/c1-11-6-3-4-9-14(11)16(2)15(18)12-7-5-8-13(10-12)17(19)20/h5,7-8,10-11,14H,3-4,6,9H2,1-2H3. The van der Waals surface area contributed by atoms with Gasteiger partial charge in [0, 0.05) is 30.8 Å². The van der Waals surface area contributed by atoms with Crippen LogP contribution in [0.3, 0.4) is 0 Å². The first-order chi connectivity index (χ1) is 9.50. The van der Waals surface area contributed by atoms with Gasteiger partial charge in [0.05, 0.1) is 4.92 Å². The summed E-state index contributed by atoms with van der Waals surface area (Å²) in [6.45, 7) is 2.17. The van der Waals surface area contributed by atoms with E-state index in [1.165, 1.54) is 18.6 Å². The van der Waals surface area contributed by atoms with Gasteiger partial charge in [0.1, 0.15) is 0 Å². The number of hydrogen-bond acceptors (Lipinski definition) is 3. The van der Waals surface area contributed by atoms with Crippen LogP contribution in [0.2, 0.25) is 0 Å². The molecule has 1 aromatic rings. The van der Waals surface area contributed by atoms with Crippen molar-refractivity contribution in [2.75, 3.05) is 7.05 Å². The van der Waals surface area contributed by atoms with Crippen LogP contribution < -0.4 is 0 Å². The van der Waals surface area contributed by atoms with E-state index in [1.807, 2.05) is 0 Å². The third kappa shape index (κ3) is 2.98. The van der Waals surface area contributed by atoms with E-state index in [4.69, 9.17) is 0 Å². The van der Waals surface area contributed by atoms with Crippen molar-refractivity contribution in [3.8, 4) is 0 Å². The Morgan fingerprint density at radius 2 is 2.05 bits per heavy atom. The summed E-state index contributed by atoms with van der Waals surface area (Å²) in [5.41, 5.74) is 0.348. The second kappa shape index (κ2) is 6.03. The SMILES string of the molecule is CC1CCCCC1N(C)C(=O)c1cccc([N+](=O)[O-])c1. The highest BCUT2D eigenvalue weighted by Crippen LogP contribution is 2.28. The minimum atomic E-state index is -0.472. The molecule has 2 rings (SSSR count). The first-order valence-electron chi connectivity index (χ1n) is 7.02. The molecule has 1 aliphatic rings. The number of amides is 1. The second-order valence-corrected chi connectivity index (χ2v) is 5.55. The molecule has 0 saturated heterocycles. The number of rotatable bonds is 3. The largest absolute Gasteiger partial charge is 0.338 e. The molecule has 0 spiro atoms. The third-order valence-corrected chi connectivity index (χ3v) is 4.19. The van der Waals surface area contributed by atoms with Gasteiger partial charge in [0.2, 0.25) is 0 Å². The van der Waals surface area contributed by atoms with Crippen LogP contribution in [0.4, 0.5) is 5.69 Å². The van der Waals surface area contributed by atoms with Crippen LogP contribution in [0.25, 0.3) is 0 Å². The summed E-state index contributed by atoms with van der Waals surface area (Å²) in [6, 6.07) is 6.19. The molecule has 1 amide bonds. The van der Waals surface area contributed by atoms with Gasteiger partial charge in [0.25, 0.3) is 11.6 Å². The summed E-state index contributed by atoms with van der Waals surface area (Å²) >= 11 is 0. The van der Waals surface area contributed by atoms with E-state index in [2.05, 4.69) is 6.92 Å². The van der Waals surface area contributed by atoms with Crippen molar-refractivity contribution in [2.45, 2.75) is 38.6 Å². The zero-order valence-electron chi connectivity index (χ0n) is 11.9. The Morgan fingerprint density at radius 3 is 2.70 bits per heavy atom. The fourth-order valence-electron chi connectivity index (χ4n) is 2.98. The summed E-state index contributed by atoms with van der Waals surface area (Å²) in [7, 11) is 1.80. The summed E-state index contributed by atoms with van der Waals surface area (Å²) in [4.78, 5) is 24.5. The van der Waals surface area contributed by atoms with Crippen LogP contribution in [-0.2, 0) is 0 Å². The second-order valence-electron chi connectivity index (χ2n) is 5.55. The molecule has 0 radical (unpaired) electrons. The van der Waals surface area contributed by atoms with Crippen LogP contribution in [0.1, 0.15) is 43.0 Å². The summed E-state index contributed by atoms with van der Waals surface area (Å²) < 4.78 is 0. The Labute approximate surface area is 118 Å². The molecule has 5 nitrogen and oxygen atoms in total. The Hall–Kier alpha value is -1.91. The van der Waals surface area contributed by atoms with Crippen LogP contribution in [-0.4, -0.2) is 28.8 Å². The van der Waals surface area contributed by atoms with Crippen molar-refractivity contribution in [1.29, 1.82) is 0 Å². The first kappa shape index (κ1) is 14.5. The molecule has 20 heavy (non-hydrogen) atoms. The van der Waals surface area contributed by atoms with E-state index in [0.717, 1.165) is 19.3 Å². The Balaban J connectivity index is 2.17. The highest BCUT2D eigenvalue weighted by atomic mass is 16.6. The smallest absolute Gasteiger partial charge is 0.270 e. The number of carbonyl (C=O) groups excluding carboxylic acids is 1. The molecule has 1 aromatic carbocycles. The average molecular weight is 276 g/mol. The molecule has 0 heterocycles. The summed E-state index contributed by atoms with van der Waals surface area (Å²) in [5, 5.41) is 10.8. The highest BCUT2D eigenvalue weighted by Gasteiger charge is 2.28. The lowest BCUT2D eigenvalue weighted by molar-refractivity contribution is -0.384. The molecule has 0 aliphatic heterocycles. The quantitative estimate of drug-likeness (QED) is 0.629. The molecule has 2 unspecified atom stereocenters. The van der Waals surface area contributed by atoms with Crippen LogP contribution >= 0.6 is 0 Å². The molecule has 1 saturated carbocycles. The van der Waals surface area contributed by atoms with E-state index >= 15 is 0 Å². The molecule has 5 heteroatoms. The van der Waals surface area contributed by atoms with Gasteiger partial charge in [-0.05, 0) is 24.8 Å². The van der Waals surface area contributed by atoms with E-state index < -0.39 is 4.92 Å². The van der Waals surface area contributed by atoms with Gasteiger partial charge in [-0.15, -0.1) is 0 Å². The fourth-order valence-corrected chi connectivity index (χ4v) is 2.98. The van der Waals surface area contributed by atoms with Crippen molar-refractivity contribution in [3.05, 3.63) is 39.9 Å². The number of hydrogen-bond donors (Lipinski definition) is 0. The molecule has 0 bridgehead atoms. The number of carbonyl (C=O) groups is 1. The molecule has 2 atom stereocenters. The normalized spacial score (nSPS) is 22.3. The summed E-state index contributed by atoms with van der Waals surface area (Å²) in [6.07, 6.45) is 4.51. The lowest BCUT2D eigenvalue weighted by Gasteiger charge is -2.36. The van der Waals surface area contributed by atoms with Crippen molar-refractivity contribution in [2.24, 2.45) is 5.92 Å². The van der Waals surface area contributed by atoms with E-state index in [-0.39, 0.29) is 17.6 Å². The van der Waals surface area contributed by atoms with Gasteiger partial charge in [-0.2, -0.15) is 0 Å². The van der Waals surface area contributed by atoms with Crippen LogP contribution in [0, 0.1) is 16.0 Å². The minimum Gasteiger partial charge on any atom is -0.338 e. The van der Waals surface area contributed by atoms with Gasteiger partial charge in [0.15, 0.2) is 0 Å². The zero-order valence-corrected chi connectivity index (χ0v) is 11.9. The molecule has 1 aliphatic carbocycles. The Morgan fingerprint density at radius 1 is 1.35 bits per heavy atom. The predicted molar refractivity (Wildman–Crippen MR) is 76.6 cm³/mol. The van der Waals surface area contributed by atoms with Crippen LogP contribution in [0.5, 0.6) is 0 Å². The Bertz CT molecular complexity index is 516. The number of nitrogens with zero attached hydrogens (tertiary/aromatic N) is 2. The first-order valence-corrected chi connectivity index (χ1v) is 7.02. The van der Waals surface area contributed by atoms with Crippen molar-refractivity contribution in [3.63, 3.8) is 0 Å². The number of nitro benzene ring substituents is 1. The van der Waals surface area contributed by atoms with E-state index in [0.29, 0.717) is 11.5 Å². The maximum atomic E-state index is 12.5. The topological polar surface area (TPSA) is 63.5 Å². The zero-order chi connectivity index (χ0) is 14.7. The maximum absolute atomic E-state index is 12.5. The molecular formula is C15H20N2O3. The van der Waals surface area contributed by atoms with Gasteiger partial charge < -0.3 is 4.90 Å². The number of benzene rings is 1. The number of non-ortho nitro benzene ring substituents is 1. The van der Waals surface area contributed by atoms with Gasteiger partial charge in [-0.3, -0.25) is 14.9 Å². The van der Waals surface area contributed by atoms with Gasteiger partial charge in [-0.1, -0.05) is 25.8 Å². The average Bonchev–Trinajstić information content (AvgIpc) is 2.46. The lowest BCUT2D eigenvalue weighted by atomic mass is 9.85. The van der Waals surface area contributed by atoms with Gasteiger partial charge in [-0.25, -0.2) is 0 Å². The van der Waals surface area contributed by atoms with E-state index in [9.17, 15) is 14.9 Å². The molecular weight excluding hydrogens is 256 g/mol. The monoisotopic (exact) mass is 276 g/mol. The molecule has 1 fully saturated rings. The van der Waals surface area contributed by atoms with Gasteiger partial charge >= 0.3 is 0 Å². The van der Waals surface area contributed by atoms with E-state index in [1.54, 1.807) is 24.1 Å². The molecule has 0 N–H and O–H groups in total. The highest BCUT2D eigenvalue weighted by molar-refractivity contribution is 5.94. The van der Waals surface area contributed by atoms with Crippen LogP contribution in [0.15, 0.2) is 24.3 Å².